The monoisotopic (exact) mass is 214 g/mol. The molecule has 0 amide bonds. The maximum absolute atomic E-state index is 11.5. The lowest BCUT2D eigenvalue weighted by atomic mass is 10.1. The second kappa shape index (κ2) is 5.11. The molecule has 0 aromatic carbocycles. The van der Waals surface area contributed by atoms with Crippen molar-refractivity contribution in [2.45, 2.75) is 45.3 Å². The molecule has 0 aromatic heterocycles. The van der Waals surface area contributed by atoms with Gasteiger partial charge in [-0.1, -0.05) is 25.4 Å². The summed E-state index contributed by atoms with van der Waals surface area (Å²) >= 11 is 0. The molecule has 2 N–H and O–H groups in total. The molecule has 0 bridgehead atoms. The van der Waals surface area contributed by atoms with E-state index >= 15 is 0 Å². The Kier molecular flexibility index (Phi) is 4.08. The molecule has 0 saturated carbocycles. The maximum atomic E-state index is 11.5. The van der Waals surface area contributed by atoms with E-state index in [2.05, 4.69) is 5.16 Å². The summed E-state index contributed by atoms with van der Waals surface area (Å²) < 4.78 is 4.94. The zero-order chi connectivity index (χ0) is 11.3. The molecule has 0 aromatic rings. The predicted molar refractivity (Wildman–Crippen MR) is 56.2 cm³/mol. The Morgan fingerprint density at radius 3 is 2.93 bits per heavy atom. The summed E-state index contributed by atoms with van der Waals surface area (Å²) in [5.41, 5.74) is 5.19. The molecule has 0 radical (unpaired) electrons. The molecule has 1 aliphatic heterocycles. The number of nitrogens with zero attached hydrogens (tertiary/aromatic N) is 1. The highest BCUT2D eigenvalue weighted by atomic mass is 16.7. The summed E-state index contributed by atoms with van der Waals surface area (Å²) in [5.74, 6) is -0.529. The van der Waals surface area contributed by atoms with E-state index in [-0.39, 0.29) is 0 Å². The minimum Gasteiger partial charge on any atom is -0.462 e. The Morgan fingerprint density at radius 2 is 2.33 bits per heavy atom. The van der Waals surface area contributed by atoms with Crippen LogP contribution in [0.3, 0.4) is 0 Å². The fourth-order valence-electron chi connectivity index (χ4n) is 1.36. The largest absolute Gasteiger partial charge is 0.462 e. The minimum atomic E-state index is -1.39. The van der Waals surface area contributed by atoms with Crippen molar-refractivity contribution in [1.82, 2.24) is 0 Å². The fourth-order valence-corrected chi connectivity index (χ4v) is 1.36. The average Bonchev–Trinajstić information content (AvgIpc) is 2.59. The van der Waals surface area contributed by atoms with E-state index in [0.717, 1.165) is 25.0 Å². The molecule has 5 nitrogen and oxygen atoms in total. The number of ether oxygens (including phenoxy) is 1. The third-order valence-electron chi connectivity index (χ3n) is 2.13. The van der Waals surface area contributed by atoms with Crippen LogP contribution in [0, 0.1) is 0 Å². The third kappa shape index (κ3) is 2.92. The number of rotatable bonds is 5. The van der Waals surface area contributed by atoms with Gasteiger partial charge in [-0.2, -0.15) is 0 Å². The minimum absolute atomic E-state index is 0.337. The van der Waals surface area contributed by atoms with Gasteiger partial charge in [0.15, 0.2) is 0 Å². The molecule has 1 atom stereocenters. The molecule has 86 valence electrons. The molecule has 15 heavy (non-hydrogen) atoms. The average molecular weight is 214 g/mol. The molecular formula is C10H18N2O3. The standard InChI is InChI=1S/C10H18N2O3/c1-3-5-8-7-10(11,15-12-8)9(13)14-6-4-2/h3-7,11H2,1-2H3. The molecule has 0 spiro atoms. The highest BCUT2D eigenvalue weighted by Crippen LogP contribution is 2.22. The van der Waals surface area contributed by atoms with Crippen LogP contribution in [0.4, 0.5) is 0 Å². The topological polar surface area (TPSA) is 73.9 Å². The van der Waals surface area contributed by atoms with Crippen molar-refractivity contribution < 1.29 is 14.4 Å². The van der Waals surface area contributed by atoms with Crippen LogP contribution in [-0.4, -0.2) is 24.0 Å². The first-order valence-electron chi connectivity index (χ1n) is 5.32. The van der Waals surface area contributed by atoms with Crippen LogP contribution in [0.25, 0.3) is 0 Å². The lowest BCUT2D eigenvalue weighted by molar-refractivity contribution is -0.168. The van der Waals surface area contributed by atoms with Crippen LogP contribution in [0.5, 0.6) is 0 Å². The predicted octanol–water partition coefficient (Wildman–Crippen LogP) is 1.17. The summed E-state index contributed by atoms with van der Waals surface area (Å²) in [7, 11) is 0. The lowest BCUT2D eigenvalue weighted by Crippen LogP contribution is -2.49. The van der Waals surface area contributed by atoms with Crippen molar-refractivity contribution in [3.8, 4) is 0 Å². The maximum Gasteiger partial charge on any atom is 0.369 e. The number of oxime groups is 1. The Bertz CT molecular complexity index is 265. The summed E-state index contributed by atoms with van der Waals surface area (Å²) in [5, 5.41) is 3.80. The van der Waals surface area contributed by atoms with Gasteiger partial charge in [-0.15, -0.1) is 0 Å². The normalized spacial score (nSPS) is 24.6. The molecule has 1 heterocycles. The van der Waals surface area contributed by atoms with Gasteiger partial charge in [0.1, 0.15) is 0 Å². The van der Waals surface area contributed by atoms with Crippen LogP contribution in [-0.2, 0) is 14.4 Å². The van der Waals surface area contributed by atoms with Gasteiger partial charge in [0.2, 0.25) is 0 Å². The van der Waals surface area contributed by atoms with E-state index in [9.17, 15) is 4.79 Å². The SMILES string of the molecule is CCCOC(=O)C1(N)CC(CCC)=NO1. The van der Waals surface area contributed by atoms with Gasteiger partial charge in [-0.05, 0) is 12.8 Å². The molecule has 0 fully saturated rings. The number of carbonyl (C=O) groups is 1. The highest BCUT2D eigenvalue weighted by molar-refractivity contribution is 5.93. The zero-order valence-corrected chi connectivity index (χ0v) is 9.28. The second-order valence-corrected chi connectivity index (χ2v) is 3.70. The van der Waals surface area contributed by atoms with Crippen molar-refractivity contribution >= 4 is 11.7 Å². The van der Waals surface area contributed by atoms with Gasteiger partial charge in [0, 0.05) is 0 Å². The van der Waals surface area contributed by atoms with Gasteiger partial charge in [-0.25, -0.2) is 4.79 Å². The van der Waals surface area contributed by atoms with Crippen LogP contribution in [0.15, 0.2) is 5.16 Å². The molecule has 0 saturated heterocycles. The van der Waals surface area contributed by atoms with Crippen molar-refractivity contribution in [1.29, 1.82) is 0 Å². The van der Waals surface area contributed by atoms with Crippen molar-refractivity contribution in [3.05, 3.63) is 0 Å². The number of hydrogen-bond acceptors (Lipinski definition) is 5. The number of hydrogen-bond donors (Lipinski definition) is 1. The van der Waals surface area contributed by atoms with E-state index in [1.165, 1.54) is 0 Å². The van der Waals surface area contributed by atoms with E-state index in [1.807, 2.05) is 13.8 Å². The summed E-state index contributed by atoms with van der Waals surface area (Å²) in [4.78, 5) is 16.5. The summed E-state index contributed by atoms with van der Waals surface area (Å²) in [6.07, 6.45) is 2.87. The fraction of sp³-hybridized carbons (Fsp3) is 0.800. The van der Waals surface area contributed by atoms with Crippen molar-refractivity contribution in [2.75, 3.05) is 6.61 Å². The Hall–Kier alpha value is -1.10. The lowest BCUT2D eigenvalue weighted by Gasteiger charge is -2.18. The third-order valence-corrected chi connectivity index (χ3v) is 2.13. The van der Waals surface area contributed by atoms with Gasteiger partial charge < -0.3 is 9.57 Å². The first-order valence-corrected chi connectivity index (χ1v) is 5.32. The molecule has 1 aliphatic rings. The van der Waals surface area contributed by atoms with Crippen LogP contribution >= 0.6 is 0 Å². The van der Waals surface area contributed by atoms with Gasteiger partial charge >= 0.3 is 5.97 Å². The first-order chi connectivity index (χ1) is 7.12. The van der Waals surface area contributed by atoms with Gasteiger partial charge in [-0.3, -0.25) is 5.73 Å². The first kappa shape index (κ1) is 12.0. The van der Waals surface area contributed by atoms with Gasteiger partial charge in [0.25, 0.3) is 5.72 Å². The van der Waals surface area contributed by atoms with Gasteiger partial charge in [0.05, 0.1) is 18.7 Å². The summed E-state index contributed by atoms with van der Waals surface area (Å²) in [6.45, 7) is 4.32. The number of esters is 1. The molecule has 1 rings (SSSR count). The van der Waals surface area contributed by atoms with Crippen LogP contribution in [0.2, 0.25) is 0 Å². The molecular weight excluding hydrogens is 196 g/mol. The second-order valence-electron chi connectivity index (χ2n) is 3.70. The molecule has 1 unspecified atom stereocenters. The Balaban J connectivity index is 2.46. The van der Waals surface area contributed by atoms with E-state index in [4.69, 9.17) is 15.3 Å². The Labute approximate surface area is 89.6 Å². The summed E-state index contributed by atoms with van der Waals surface area (Å²) in [6, 6.07) is 0. The molecule has 0 aliphatic carbocycles. The number of nitrogens with two attached hydrogens (primary N) is 1. The molecule has 5 heteroatoms. The van der Waals surface area contributed by atoms with Crippen molar-refractivity contribution in [2.24, 2.45) is 10.9 Å². The number of carbonyl (C=O) groups excluding carboxylic acids is 1. The zero-order valence-electron chi connectivity index (χ0n) is 9.28. The smallest absolute Gasteiger partial charge is 0.369 e. The highest BCUT2D eigenvalue weighted by Gasteiger charge is 2.43. The van der Waals surface area contributed by atoms with E-state index in [0.29, 0.717) is 13.0 Å². The van der Waals surface area contributed by atoms with E-state index < -0.39 is 11.7 Å². The van der Waals surface area contributed by atoms with E-state index in [1.54, 1.807) is 0 Å². The van der Waals surface area contributed by atoms with Crippen LogP contribution < -0.4 is 5.73 Å². The quantitative estimate of drug-likeness (QED) is 0.697. The van der Waals surface area contributed by atoms with Crippen LogP contribution in [0.1, 0.15) is 39.5 Å². The van der Waals surface area contributed by atoms with Crippen molar-refractivity contribution in [3.63, 3.8) is 0 Å². The Morgan fingerprint density at radius 1 is 1.60 bits per heavy atom.